The number of carbonyl (C=O) groups is 2. The summed E-state index contributed by atoms with van der Waals surface area (Å²) in [6, 6.07) is 5.99. The summed E-state index contributed by atoms with van der Waals surface area (Å²) in [7, 11) is 0. The Morgan fingerprint density at radius 2 is 1.92 bits per heavy atom. The first-order valence-corrected chi connectivity index (χ1v) is 14.3. The van der Waals surface area contributed by atoms with Gasteiger partial charge in [0.15, 0.2) is 11.0 Å². The molecule has 3 aromatic rings. The van der Waals surface area contributed by atoms with E-state index in [1.54, 1.807) is 19.3 Å². The number of nitrogens with zero attached hydrogens (tertiary/aromatic N) is 4. The first-order chi connectivity index (χ1) is 18.4. The molecule has 38 heavy (non-hydrogen) atoms. The van der Waals surface area contributed by atoms with E-state index in [-0.39, 0.29) is 35.9 Å². The van der Waals surface area contributed by atoms with Crippen LogP contribution < -0.4 is 5.32 Å². The van der Waals surface area contributed by atoms with E-state index < -0.39 is 6.10 Å². The van der Waals surface area contributed by atoms with Gasteiger partial charge in [-0.15, -0.1) is 0 Å². The van der Waals surface area contributed by atoms with Crippen molar-refractivity contribution in [2.24, 2.45) is 11.3 Å². The van der Waals surface area contributed by atoms with Crippen molar-refractivity contribution in [2.45, 2.75) is 70.7 Å². The number of rotatable bonds is 6. The summed E-state index contributed by atoms with van der Waals surface area (Å²) >= 11 is 1.47. The number of benzene rings is 1. The minimum atomic E-state index is -0.391. The molecule has 200 valence electrons. The Morgan fingerprint density at radius 3 is 2.61 bits per heavy atom. The number of aromatic nitrogens is 3. The van der Waals surface area contributed by atoms with Crippen LogP contribution >= 0.6 is 11.3 Å². The second-order valence-corrected chi connectivity index (χ2v) is 12.1. The van der Waals surface area contributed by atoms with Crippen molar-refractivity contribution in [3.63, 3.8) is 0 Å². The standard InChI is InChI=1S/C28H33N5O4S/c1-17(34)33-9-7-28(8-10-33)12-19(13-28)26(36)32-27-31-21-6-5-18(11-24(21)38-27)20-14-29-25(30-15-20)16-37-23-4-2-3-22(23)35/h5-6,11,14-15,19,22-23,35H,2-4,7-10,12-13,16H2,1H3,(H,31,32,36)/t22-,23-/m0/s1. The highest BCUT2D eigenvalue weighted by atomic mass is 32.1. The number of amides is 2. The van der Waals surface area contributed by atoms with Crippen LogP contribution in [-0.2, 0) is 20.9 Å². The zero-order valence-electron chi connectivity index (χ0n) is 21.6. The van der Waals surface area contributed by atoms with Gasteiger partial charge in [0.05, 0.1) is 22.4 Å². The van der Waals surface area contributed by atoms with Crippen molar-refractivity contribution in [1.29, 1.82) is 0 Å². The Morgan fingerprint density at radius 1 is 1.16 bits per heavy atom. The van der Waals surface area contributed by atoms with Gasteiger partial charge in [-0.2, -0.15) is 0 Å². The monoisotopic (exact) mass is 535 g/mol. The van der Waals surface area contributed by atoms with Gasteiger partial charge < -0.3 is 20.1 Å². The maximum absolute atomic E-state index is 12.9. The quantitative estimate of drug-likeness (QED) is 0.487. The number of hydrogen-bond donors (Lipinski definition) is 2. The predicted octanol–water partition coefficient (Wildman–Crippen LogP) is 4.16. The molecule has 0 unspecified atom stereocenters. The third-order valence-corrected chi connectivity index (χ3v) is 9.43. The minimum Gasteiger partial charge on any atom is -0.390 e. The van der Waals surface area contributed by atoms with Crippen LogP contribution in [0.15, 0.2) is 30.6 Å². The lowest BCUT2D eigenvalue weighted by molar-refractivity contribution is -0.137. The van der Waals surface area contributed by atoms with Gasteiger partial charge in [0.25, 0.3) is 0 Å². The van der Waals surface area contributed by atoms with Gasteiger partial charge >= 0.3 is 0 Å². The topological polar surface area (TPSA) is 118 Å². The van der Waals surface area contributed by atoms with E-state index in [4.69, 9.17) is 4.74 Å². The summed E-state index contributed by atoms with van der Waals surface area (Å²) in [5, 5.41) is 13.6. The molecule has 3 aliphatic rings. The number of ether oxygens (including phenoxy) is 1. The average Bonchev–Trinajstić information content (AvgIpc) is 3.50. The molecule has 0 radical (unpaired) electrons. The van der Waals surface area contributed by atoms with E-state index in [0.29, 0.717) is 11.0 Å². The Bertz CT molecular complexity index is 1330. The van der Waals surface area contributed by atoms with Crippen LogP contribution in [0.1, 0.15) is 57.7 Å². The van der Waals surface area contributed by atoms with E-state index in [2.05, 4.69) is 20.3 Å². The zero-order chi connectivity index (χ0) is 26.3. The molecule has 2 N–H and O–H groups in total. The minimum absolute atomic E-state index is 0.0121. The highest BCUT2D eigenvalue weighted by Gasteiger charge is 2.48. The molecule has 6 rings (SSSR count). The molecule has 3 heterocycles. The smallest absolute Gasteiger partial charge is 0.229 e. The van der Waals surface area contributed by atoms with E-state index >= 15 is 0 Å². The normalized spacial score (nSPS) is 23.1. The number of likely N-dealkylation sites (tertiary alicyclic amines) is 1. The third-order valence-electron chi connectivity index (χ3n) is 8.50. The molecule has 10 heteroatoms. The molecule has 3 fully saturated rings. The van der Waals surface area contributed by atoms with Gasteiger partial charge in [-0.05, 0) is 68.1 Å². The lowest BCUT2D eigenvalue weighted by Gasteiger charge is -2.51. The molecule has 2 atom stereocenters. The van der Waals surface area contributed by atoms with Crippen LogP contribution in [0.5, 0.6) is 0 Å². The summed E-state index contributed by atoms with van der Waals surface area (Å²) in [6.45, 7) is 3.52. The van der Waals surface area contributed by atoms with Crippen LogP contribution in [0.4, 0.5) is 5.13 Å². The molecular formula is C28H33N5O4S. The van der Waals surface area contributed by atoms with Crippen molar-refractivity contribution in [1.82, 2.24) is 19.9 Å². The number of thiazole rings is 1. The Kier molecular flexibility index (Phi) is 6.88. The van der Waals surface area contributed by atoms with Crippen LogP contribution in [-0.4, -0.2) is 62.1 Å². The Labute approximate surface area is 225 Å². The molecule has 9 nitrogen and oxygen atoms in total. The number of anilines is 1. The van der Waals surface area contributed by atoms with Crippen molar-refractivity contribution >= 4 is 38.5 Å². The van der Waals surface area contributed by atoms with Gasteiger partial charge in [-0.3, -0.25) is 9.59 Å². The van der Waals surface area contributed by atoms with Crippen molar-refractivity contribution in [3.05, 3.63) is 36.4 Å². The fourth-order valence-electron chi connectivity index (χ4n) is 6.10. The molecule has 1 saturated heterocycles. The molecule has 2 amide bonds. The third kappa shape index (κ3) is 5.17. The zero-order valence-corrected chi connectivity index (χ0v) is 22.4. The van der Waals surface area contributed by atoms with E-state index in [1.807, 2.05) is 23.1 Å². The summed E-state index contributed by atoms with van der Waals surface area (Å²) in [5.74, 6) is 0.792. The second kappa shape index (κ2) is 10.3. The predicted molar refractivity (Wildman–Crippen MR) is 144 cm³/mol. The lowest BCUT2D eigenvalue weighted by Crippen LogP contribution is -2.50. The fourth-order valence-corrected chi connectivity index (χ4v) is 7.01. The second-order valence-electron chi connectivity index (χ2n) is 11.0. The summed E-state index contributed by atoms with van der Waals surface area (Å²) in [4.78, 5) is 39.9. The summed E-state index contributed by atoms with van der Waals surface area (Å²) < 4.78 is 6.77. The average molecular weight is 536 g/mol. The molecule has 1 aromatic carbocycles. The van der Waals surface area contributed by atoms with E-state index in [9.17, 15) is 14.7 Å². The number of hydrogen-bond acceptors (Lipinski definition) is 8. The van der Waals surface area contributed by atoms with Gasteiger partial charge in [-0.25, -0.2) is 15.0 Å². The first kappa shape index (κ1) is 25.3. The highest BCUT2D eigenvalue weighted by molar-refractivity contribution is 7.22. The molecule has 2 aromatic heterocycles. The largest absolute Gasteiger partial charge is 0.390 e. The summed E-state index contributed by atoms with van der Waals surface area (Å²) in [6.07, 6.45) is 9.46. The van der Waals surface area contributed by atoms with Crippen molar-refractivity contribution in [3.8, 4) is 11.1 Å². The van der Waals surface area contributed by atoms with Gasteiger partial charge in [-0.1, -0.05) is 17.4 Å². The van der Waals surface area contributed by atoms with E-state index in [0.717, 1.165) is 79.4 Å². The van der Waals surface area contributed by atoms with Crippen LogP contribution in [0.25, 0.3) is 21.3 Å². The molecule has 2 aliphatic carbocycles. The van der Waals surface area contributed by atoms with E-state index in [1.165, 1.54) is 11.3 Å². The number of fused-ring (bicyclic) bond motifs is 1. The van der Waals surface area contributed by atoms with Crippen molar-refractivity contribution in [2.75, 3.05) is 18.4 Å². The number of aliphatic hydroxyl groups is 1. The molecule has 1 spiro atoms. The number of nitrogens with one attached hydrogen (secondary N) is 1. The molecule has 2 saturated carbocycles. The number of carbonyl (C=O) groups excluding carboxylic acids is 2. The van der Waals surface area contributed by atoms with Gasteiger partial charge in [0, 0.05) is 43.9 Å². The van der Waals surface area contributed by atoms with Gasteiger partial charge in [0.1, 0.15) is 6.61 Å². The first-order valence-electron chi connectivity index (χ1n) is 13.5. The summed E-state index contributed by atoms with van der Waals surface area (Å²) in [5.41, 5.74) is 2.94. The highest BCUT2D eigenvalue weighted by Crippen LogP contribution is 2.53. The molecule has 0 bridgehead atoms. The SMILES string of the molecule is CC(=O)N1CCC2(CC1)CC(C(=O)Nc1nc3ccc(-c4cnc(CO[C@H]5CCC[C@@H]5O)nc4)cc3s1)C2. The fraction of sp³-hybridized carbons (Fsp3) is 0.536. The van der Waals surface area contributed by atoms with Crippen molar-refractivity contribution < 1.29 is 19.4 Å². The maximum Gasteiger partial charge on any atom is 0.229 e. The Hall–Kier alpha value is -2.95. The number of aliphatic hydroxyl groups excluding tert-OH is 1. The Balaban J connectivity index is 1.05. The van der Waals surface area contributed by atoms with Crippen LogP contribution in [0.3, 0.4) is 0 Å². The number of piperidine rings is 1. The molecular weight excluding hydrogens is 502 g/mol. The maximum atomic E-state index is 12.9. The lowest BCUT2D eigenvalue weighted by atomic mass is 9.57. The molecule has 1 aliphatic heterocycles. The van der Waals surface area contributed by atoms with Crippen LogP contribution in [0, 0.1) is 11.3 Å². The van der Waals surface area contributed by atoms with Gasteiger partial charge in [0.2, 0.25) is 11.8 Å². The van der Waals surface area contributed by atoms with Crippen LogP contribution in [0.2, 0.25) is 0 Å².